The van der Waals surface area contributed by atoms with Gasteiger partial charge in [-0.3, -0.25) is 4.79 Å². The molecule has 88 valence electrons. The van der Waals surface area contributed by atoms with Crippen molar-refractivity contribution in [3.05, 3.63) is 29.6 Å². The van der Waals surface area contributed by atoms with Crippen LogP contribution in [0.25, 0.3) is 0 Å². The zero-order chi connectivity index (χ0) is 12.1. The molecule has 0 bridgehead atoms. The van der Waals surface area contributed by atoms with Crippen molar-refractivity contribution in [1.29, 1.82) is 0 Å². The third-order valence-electron chi connectivity index (χ3n) is 2.73. The summed E-state index contributed by atoms with van der Waals surface area (Å²) in [4.78, 5) is 18.2. The second kappa shape index (κ2) is 5.46. The lowest BCUT2D eigenvalue weighted by Gasteiger charge is -2.15. The Bertz CT molecular complexity index is 467. The van der Waals surface area contributed by atoms with Gasteiger partial charge in [0.2, 0.25) is 0 Å². The van der Waals surface area contributed by atoms with Crippen LogP contribution in [0.1, 0.15) is 28.9 Å². The van der Waals surface area contributed by atoms with Gasteiger partial charge in [0, 0.05) is 19.3 Å². The zero-order valence-corrected chi connectivity index (χ0v) is 9.65. The zero-order valence-electron chi connectivity index (χ0n) is 9.65. The van der Waals surface area contributed by atoms with Crippen molar-refractivity contribution in [2.24, 2.45) is 5.73 Å². The maximum absolute atomic E-state index is 12.2. The molecule has 0 aromatic carbocycles. The van der Waals surface area contributed by atoms with E-state index in [4.69, 9.17) is 5.73 Å². The van der Waals surface area contributed by atoms with E-state index in [0.717, 1.165) is 25.9 Å². The van der Waals surface area contributed by atoms with Crippen LogP contribution >= 0.6 is 0 Å². The van der Waals surface area contributed by atoms with Crippen LogP contribution in [0.15, 0.2) is 18.3 Å². The monoisotopic (exact) mass is 229 g/mol. The van der Waals surface area contributed by atoms with Gasteiger partial charge in [-0.1, -0.05) is 11.8 Å². The first kappa shape index (κ1) is 11.6. The van der Waals surface area contributed by atoms with Crippen LogP contribution in [0.2, 0.25) is 0 Å². The third-order valence-corrected chi connectivity index (χ3v) is 2.73. The van der Waals surface area contributed by atoms with E-state index < -0.39 is 0 Å². The van der Waals surface area contributed by atoms with Crippen LogP contribution in [0.4, 0.5) is 0 Å². The predicted octanol–water partition coefficient (Wildman–Crippen LogP) is 0.628. The number of rotatable bonds is 1. The van der Waals surface area contributed by atoms with Crippen molar-refractivity contribution in [3.8, 4) is 11.8 Å². The van der Waals surface area contributed by atoms with E-state index in [0.29, 0.717) is 11.3 Å². The molecular formula is C13H15N3O. The van der Waals surface area contributed by atoms with Gasteiger partial charge in [-0.05, 0) is 25.0 Å². The van der Waals surface area contributed by atoms with Crippen LogP contribution in [0.3, 0.4) is 0 Å². The van der Waals surface area contributed by atoms with Gasteiger partial charge >= 0.3 is 0 Å². The summed E-state index contributed by atoms with van der Waals surface area (Å²) >= 11 is 0. The Morgan fingerprint density at radius 3 is 2.94 bits per heavy atom. The number of hydrogen-bond acceptors (Lipinski definition) is 3. The Kier molecular flexibility index (Phi) is 3.73. The fraction of sp³-hybridized carbons (Fsp3) is 0.385. The molecule has 1 aliphatic rings. The lowest BCUT2D eigenvalue weighted by molar-refractivity contribution is 0.0787. The third kappa shape index (κ3) is 2.63. The number of aromatic nitrogens is 1. The Morgan fingerprint density at radius 1 is 1.47 bits per heavy atom. The number of amides is 1. The van der Waals surface area contributed by atoms with E-state index in [2.05, 4.69) is 16.8 Å². The maximum atomic E-state index is 12.2. The molecule has 1 aromatic heterocycles. The Hall–Kier alpha value is -1.86. The molecule has 1 amide bonds. The summed E-state index contributed by atoms with van der Waals surface area (Å²) in [6.07, 6.45) is 3.77. The fourth-order valence-electron chi connectivity index (χ4n) is 1.89. The first-order valence-corrected chi connectivity index (χ1v) is 5.76. The maximum Gasteiger partial charge on any atom is 0.273 e. The highest BCUT2D eigenvalue weighted by Crippen LogP contribution is 2.13. The molecule has 2 N–H and O–H groups in total. The van der Waals surface area contributed by atoms with E-state index in [-0.39, 0.29) is 12.5 Å². The predicted molar refractivity (Wildman–Crippen MR) is 65.3 cm³/mol. The first-order valence-electron chi connectivity index (χ1n) is 5.76. The summed E-state index contributed by atoms with van der Waals surface area (Å²) in [5, 5.41) is 0. The minimum atomic E-state index is -0.0237. The van der Waals surface area contributed by atoms with Gasteiger partial charge in [0.15, 0.2) is 0 Å². The molecule has 1 fully saturated rings. The van der Waals surface area contributed by atoms with Crippen LogP contribution < -0.4 is 5.73 Å². The highest BCUT2D eigenvalue weighted by atomic mass is 16.2. The van der Waals surface area contributed by atoms with Crippen LogP contribution in [-0.2, 0) is 0 Å². The second-order valence-corrected chi connectivity index (χ2v) is 3.90. The van der Waals surface area contributed by atoms with Gasteiger partial charge in [-0.15, -0.1) is 0 Å². The molecule has 0 spiro atoms. The molecule has 17 heavy (non-hydrogen) atoms. The average Bonchev–Trinajstić information content (AvgIpc) is 2.89. The topological polar surface area (TPSA) is 59.2 Å². The minimum absolute atomic E-state index is 0.0237. The molecule has 0 atom stereocenters. The fourth-order valence-corrected chi connectivity index (χ4v) is 1.89. The van der Waals surface area contributed by atoms with Crippen molar-refractivity contribution in [1.82, 2.24) is 9.88 Å². The number of nitrogens with zero attached hydrogens (tertiary/aromatic N) is 2. The van der Waals surface area contributed by atoms with Crippen LogP contribution in [0.5, 0.6) is 0 Å². The number of likely N-dealkylation sites (tertiary alicyclic amines) is 1. The molecule has 0 radical (unpaired) electrons. The van der Waals surface area contributed by atoms with Gasteiger partial charge in [0.05, 0.1) is 12.1 Å². The van der Waals surface area contributed by atoms with E-state index >= 15 is 0 Å². The first-order chi connectivity index (χ1) is 8.33. The quantitative estimate of drug-likeness (QED) is 0.718. The molecule has 2 heterocycles. The number of pyridine rings is 1. The Labute approximate surface area is 101 Å². The van der Waals surface area contributed by atoms with E-state index in [1.807, 2.05) is 4.90 Å². The van der Waals surface area contributed by atoms with Crippen molar-refractivity contribution >= 4 is 5.91 Å². The van der Waals surface area contributed by atoms with Crippen molar-refractivity contribution in [3.63, 3.8) is 0 Å². The lowest BCUT2D eigenvalue weighted by Crippen LogP contribution is -2.29. The summed E-state index contributed by atoms with van der Waals surface area (Å²) in [6.45, 7) is 1.92. The van der Waals surface area contributed by atoms with Crippen LogP contribution in [0, 0.1) is 11.8 Å². The molecule has 0 aliphatic carbocycles. The summed E-state index contributed by atoms with van der Waals surface area (Å²) < 4.78 is 0. The molecule has 4 heteroatoms. The minimum Gasteiger partial charge on any atom is -0.337 e. The number of hydrogen-bond donors (Lipinski definition) is 1. The van der Waals surface area contributed by atoms with Gasteiger partial charge in [0.25, 0.3) is 5.91 Å². The summed E-state index contributed by atoms with van der Waals surface area (Å²) in [7, 11) is 0. The van der Waals surface area contributed by atoms with Crippen molar-refractivity contribution in [2.45, 2.75) is 12.8 Å². The Morgan fingerprint density at radius 2 is 2.24 bits per heavy atom. The lowest BCUT2D eigenvalue weighted by atomic mass is 10.2. The number of carbonyl (C=O) groups is 1. The molecule has 1 aliphatic heterocycles. The molecule has 2 rings (SSSR count). The SMILES string of the molecule is NCC#Cc1cccnc1C(=O)N1CCCC1. The van der Waals surface area contributed by atoms with Gasteiger partial charge < -0.3 is 10.6 Å². The van der Waals surface area contributed by atoms with Gasteiger partial charge in [0.1, 0.15) is 5.69 Å². The second-order valence-electron chi connectivity index (χ2n) is 3.90. The molecular weight excluding hydrogens is 214 g/mol. The number of carbonyl (C=O) groups excluding carboxylic acids is 1. The molecule has 1 aromatic rings. The van der Waals surface area contributed by atoms with E-state index in [9.17, 15) is 4.79 Å². The van der Waals surface area contributed by atoms with Crippen LogP contribution in [-0.4, -0.2) is 35.4 Å². The van der Waals surface area contributed by atoms with E-state index in [1.54, 1.807) is 18.3 Å². The Balaban J connectivity index is 2.27. The average molecular weight is 229 g/mol. The normalized spacial score (nSPS) is 14.3. The summed E-state index contributed by atoms with van der Waals surface area (Å²) in [6, 6.07) is 3.58. The largest absolute Gasteiger partial charge is 0.337 e. The molecule has 1 saturated heterocycles. The van der Waals surface area contributed by atoms with Gasteiger partial charge in [-0.25, -0.2) is 4.98 Å². The molecule has 0 saturated carbocycles. The smallest absolute Gasteiger partial charge is 0.273 e. The summed E-state index contributed by atoms with van der Waals surface area (Å²) in [5.74, 6) is 5.63. The van der Waals surface area contributed by atoms with Gasteiger partial charge in [-0.2, -0.15) is 0 Å². The standard InChI is InChI=1S/C13H15N3O/c14-7-3-5-11-6-4-8-15-12(11)13(17)16-9-1-2-10-16/h4,6,8H,1-2,7,9-10,14H2. The highest BCUT2D eigenvalue weighted by molar-refractivity contribution is 5.94. The van der Waals surface area contributed by atoms with E-state index in [1.165, 1.54) is 0 Å². The number of nitrogens with two attached hydrogens (primary N) is 1. The van der Waals surface area contributed by atoms with Crippen molar-refractivity contribution in [2.75, 3.05) is 19.6 Å². The molecule has 0 unspecified atom stereocenters. The molecule has 4 nitrogen and oxygen atoms in total. The van der Waals surface area contributed by atoms with Crippen molar-refractivity contribution < 1.29 is 4.79 Å². The summed E-state index contributed by atoms with van der Waals surface area (Å²) in [5.41, 5.74) is 6.44. The highest BCUT2D eigenvalue weighted by Gasteiger charge is 2.22.